The molecule has 1 amide bonds. The molecule has 2 aromatic rings. The SMILES string of the molecule is CCCOc1cn(-c2ccccc2)nc1C(=O)N1CCC(CN)C1. The van der Waals surface area contributed by atoms with E-state index in [-0.39, 0.29) is 5.91 Å². The van der Waals surface area contributed by atoms with Crippen molar-refractivity contribution in [3.05, 3.63) is 42.2 Å². The second kappa shape index (κ2) is 7.49. The lowest BCUT2D eigenvalue weighted by molar-refractivity contribution is 0.0777. The van der Waals surface area contributed by atoms with Crippen LogP contribution in [0.3, 0.4) is 0 Å². The summed E-state index contributed by atoms with van der Waals surface area (Å²) in [5.41, 5.74) is 7.01. The highest BCUT2D eigenvalue weighted by Crippen LogP contribution is 2.24. The van der Waals surface area contributed by atoms with Crippen molar-refractivity contribution in [1.29, 1.82) is 0 Å². The number of nitrogens with two attached hydrogens (primary N) is 1. The molecule has 0 radical (unpaired) electrons. The van der Waals surface area contributed by atoms with Gasteiger partial charge >= 0.3 is 0 Å². The molecule has 1 aromatic heterocycles. The van der Waals surface area contributed by atoms with E-state index in [4.69, 9.17) is 10.5 Å². The fourth-order valence-corrected chi connectivity index (χ4v) is 2.90. The zero-order valence-electron chi connectivity index (χ0n) is 14.0. The molecule has 0 aliphatic carbocycles. The van der Waals surface area contributed by atoms with E-state index in [1.165, 1.54) is 0 Å². The number of likely N-dealkylation sites (tertiary alicyclic amines) is 1. The third kappa shape index (κ3) is 3.43. The standard InChI is InChI=1S/C18H24N4O2/c1-2-10-24-16-13-22(15-6-4-3-5-7-15)20-17(16)18(23)21-9-8-14(11-19)12-21/h3-7,13-14H,2,8-12,19H2,1H3. The van der Waals surface area contributed by atoms with Gasteiger partial charge in [-0.2, -0.15) is 5.10 Å². The van der Waals surface area contributed by atoms with Crippen LogP contribution in [0.15, 0.2) is 36.5 Å². The number of carbonyl (C=O) groups excluding carboxylic acids is 1. The van der Waals surface area contributed by atoms with Gasteiger partial charge in [0.25, 0.3) is 5.91 Å². The molecule has 128 valence electrons. The van der Waals surface area contributed by atoms with E-state index in [2.05, 4.69) is 5.10 Å². The minimum absolute atomic E-state index is 0.0771. The summed E-state index contributed by atoms with van der Waals surface area (Å²) in [6, 6.07) is 9.73. The van der Waals surface area contributed by atoms with Gasteiger partial charge in [0.2, 0.25) is 0 Å². The summed E-state index contributed by atoms with van der Waals surface area (Å²) in [7, 11) is 0. The summed E-state index contributed by atoms with van der Waals surface area (Å²) in [6.45, 7) is 4.63. The molecule has 0 bridgehead atoms. The number of para-hydroxylation sites is 1. The Morgan fingerprint density at radius 2 is 2.17 bits per heavy atom. The number of hydrogen-bond acceptors (Lipinski definition) is 4. The summed E-state index contributed by atoms with van der Waals surface area (Å²) in [6.07, 6.45) is 3.62. The van der Waals surface area contributed by atoms with Crippen LogP contribution >= 0.6 is 0 Å². The quantitative estimate of drug-likeness (QED) is 0.881. The molecule has 0 spiro atoms. The van der Waals surface area contributed by atoms with Gasteiger partial charge in [0, 0.05) is 13.1 Å². The first-order valence-corrected chi connectivity index (χ1v) is 8.50. The molecule has 1 unspecified atom stereocenters. The monoisotopic (exact) mass is 328 g/mol. The van der Waals surface area contributed by atoms with Crippen LogP contribution in [-0.2, 0) is 0 Å². The fraction of sp³-hybridized carbons (Fsp3) is 0.444. The first kappa shape index (κ1) is 16.5. The Hall–Kier alpha value is -2.34. The number of benzene rings is 1. The van der Waals surface area contributed by atoms with Gasteiger partial charge in [-0.25, -0.2) is 4.68 Å². The highest BCUT2D eigenvalue weighted by atomic mass is 16.5. The van der Waals surface area contributed by atoms with Gasteiger partial charge in [-0.15, -0.1) is 0 Å². The molecule has 6 nitrogen and oxygen atoms in total. The lowest BCUT2D eigenvalue weighted by Gasteiger charge is -2.15. The lowest BCUT2D eigenvalue weighted by Crippen LogP contribution is -2.30. The van der Waals surface area contributed by atoms with Crippen LogP contribution in [0.2, 0.25) is 0 Å². The molecule has 2 heterocycles. The van der Waals surface area contributed by atoms with Gasteiger partial charge in [0.15, 0.2) is 11.4 Å². The van der Waals surface area contributed by atoms with E-state index in [9.17, 15) is 4.79 Å². The van der Waals surface area contributed by atoms with E-state index in [0.717, 1.165) is 25.1 Å². The van der Waals surface area contributed by atoms with Crippen molar-refractivity contribution < 1.29 is 9.53 Å². The third-order valence-electron chi connectivity index (χ3n) is 4.27. The van der Waals surface area contributed by atoms with E-state index in [0.29, 0.717) is 37.1 Å². The summed E-state index contributed by atoms with van der Waals surface area (Å²) in [5, 5.41) is 4.50. The largest absolute Gasteiger partial charge is 0.489 e. The highest BCUT2D eigenvalue weighted by molar-refractivity contribution is 5.95. The maximum Gasteiger partial charge on any atom is 0.278 e. The van der Waals surface area contributed by atoms with Crippen molar-refractivity contribution in [3.8, 4) is 11.4 Å². The average molecular weight is 328 g/mol. The molecule has 0 saturated carbocycles. The normalized spacial score (nSPS) is 17.2. The summed E-state index contributed by atoms with van der Waals surface area (Å²) in [4.78, 5) is 14.7. The second-order valence-electron chi connectivity index (χ2n) is 6.11. The van der Waals surface area contributed by atoms with Crippen LogP contribution in [-0.4, -0.2) is 46.8 Å². The molecule has 6 heteroatoms. The number of nitrogens with zero attached hydrogens (tertiary/aromatic N) is 3. The molecular formula is C18H24N4O2. The van der Waals surface area contributed by atoms with Crippen molar-refractivity contribution in [2.45, 2.75) is 19.8 Å². The van der Waals surface area contributed by atoms with Crippen molar-refractivity contribution in [1.82, 2.24) is 14.7 Å². The van der Waals surface area contributed by atoms with Crippen LogP contribution < -0.4 is 10.5 Å². The smallest absolute Gasteiger partial charge is 0.278 e. The molecule has 1 aliphatic heterocycles. The molecule has 1 fully saturated rings. The minimum Gasteiger partial charge on any atom is -0.489 e. The summed E-state index contributed by atoms with van der Waals surface area (Å²) in [5.74, 6) is 0.846. The Morgan fingerprint density at radius 1 is 1.38 bits per heavy atom. The zero-order valence-corrected chi connectivity index (χ0v) is 14.0. The fourth-order valence-electron chi connectivity index (χ4n) is 2.90. The van der Waals surface area contributed by atoms with Crippen molar-refractivity contribution in [3.63, 3.8) is 0 Å². The van der Waals surface area contributed by atoms with Crippen molar-refractivity contribution >= 4 is 5.91 Å². The van der Waals surface area contributed by atoms with Crippen molar-refractivity contribution in [2.24, 2.45) is 11.7 Å². The Bertz CT molecular complexity index is 684. The van der Waals surface area contributed by atoms with Crippen LogP contribution in [0.5, 0.6) is 5.75 Å². The van der Waals surface area contributed by atoms with Gasteiger partial charge in [0.05, 0.1) is 18.5 Å². The van der Waals surface area contributed by atoms with Crippen LogP contribution in [0.4, 0.5) is 0 Å². The van der Waals surface area contributed by atoms with E-state index >= 15 is 0 Å². The van der Waals surface area contributed by atoms with Crippen LogP contribution in [0, 0.1) is 5.92 Å². The van der Waals surface area contributed by atoms with E-state index in [1.54, 1.807) is 10.9 Å². The number of hydrogen-bond donors (Lipinski definition) is 1. The number of amides is 1. The highest BCUT2D eigenvalue weighted by Gasteiger charge is 2.30. The number of rotatable bonds is 6. The number of carbonyl (C=O) groups is 1. The topological polar surface area (TPSA) is 73.4 Å². The van der Waals surface area contributed by atoms with Gasteiger partial charge in [-0.05, 0) is 37.4 Å². The number of ether oxygens (including phenoxy) is 1. The molecule has 1 aliphatic rings. The first-order valence-electron chi connectivity index (χ1n) is 8.50. The predicted octanol–water partition coefficient (Wildman–Crippen LogP) is 2.08. The van der Waals surface area contributed by atoms with Gasteiger partial charge in [0.1, 0.15) is 0 Å². The molecule has 3 rings (SSSR count). The Morgan fingerprint density at radius 3 is 2.83 bits per heavy atom. The Labute approximate surface area is 142 Å². The van der Waals surface area contributed by atoms with Gasteiger partial charge < -0.3 is 15.4 Å². The minimum atomic E-state index is -0.0771. The zero-order chi connectivity index (χ0) is 16.9. The second-order valence-corrected chi connectivity index (χ2v) is 6.11. The summed E-state index contributed by atoms with van der Waals surface area (Å²) >= 11 is 0. The molecule has 24 heavy (non-hydrogen) atoms. The van der Waals surface area contributed by atoms with Crippen LogP contribution in [0.1, 0.15) is 30.3 Å². The first-order chi connectivity index (χ1) is 11.7. The average Bonchev–Trinajstić information content (AvgIpc) is 3.27. The molecule has 1 saturated heterocycles. The van der Waals surface area contributed by atoms with Gasteiger partial charge in [-0.1, -0.05) is 25.1 Å². The Balaban J connectivity index is 1.87. The molecule has 2 N–H and O–H groups in total. The maximum atomic E-state index is 12.9. The maximum absolute atomic E-state index is 12.9. The van der Waals surface area contributed by atoms with Crippen molar-refractivity contribution in [2.75, 3.05) is 26.2 Å². The van der Waals surface area contributed by atoms with Crippen LogP contribution in [0.25, 0.3) is 5.69 Å². The molecule has 1 atom stereocenters. The molecule has 1 aromatic carbocycles. The molecular weight excluding hydrogens is 304 g/mol. The van der Waals surface area contributed by atoms with Gasteiger partial charge in [-0.3, -0.25) is 4.79 Å². The van der Waals surface area contributed by atoms with E-state index in [1.807, 2.05) is 42.2 Å². The lowest BCUT2D eigenvalue weighted by atomic mass is 10.1. The summed E-state index contributed by atoms with van der Waals surface area (Å²) < 4.78 is 7.47. The predicted molar refractivity (Wildman–Crippen MR) is 92.4 cm³/mol. The third-order valence-corrected chi connectivity index (χ3v) is 4.27. The Kier molecular flexibility index (Phi) is 5.15. The van der Waals surface area contributed by atoms with E-state index < -0.39 is 0 Å². The number of aromatic nitrogens is 2.